The molecule has 2 radical (unpaired) electrons. The van der Waals surface area contributed by atoms with Crippen molar-refractivity contribution in [3.63, 3.8) is 0 Å². The Balaban J connectivity index is 2.10. The summed E-state index contributed by atoms with van der Waals surface area (Å²) in [6.07, 6.45) is -0.0603. The minimum absolute atomic E-state index is 0.0494. The summed E-state index contributed by atoms with van der Waals surface area (Å²) in [5, 5.41) is 2.44. The third kappa shape index (κ3) is 2.92. The molecule has 2 fully saturated rings. The number of nitrogens with one attached hydrogen (secondary N) is 1. The highest BCUT2D eigenvalue weighted by Gasteiger charge is 2.54. The molecule has 0 spiro atoms. The van der Waals surface area contributed by atoms with Crippen molar-refractivity contribution in [2.45, 2.75) is 44.1 Å². The molecule has 2 N–H and O–H groups in total. The SMILES string of the molecule is [B][C@H]1CC2OP(=O)(O)NC[C@]2(COC(C)C)O1. The molecule has 0 aromatic rings. The van der Waals surface area contributed by atoms with Crippen LogP contribution < -0.4 is 5.09 Å². The fourth-order valence-corrected chi connectivity index (χ4v) is 3.24. The van der Waals surface area contributed by atoms with Crippen LogP contribution in [0, 0.1) is 0 Å². The van der Waals surface area contributed by atoms with Crippen LogP contribution in [0.5, 0.6) is 0 Å². The monoisotopic (exact) mass is 261 g/mol. The maximum absolute atomic E-state index is 11.4. The van der Waals surface area contributed by atoms with Gasteiger partial charge in [-0.05, 0) is 20.3 Å². The lowest BCUT2D eigenvalue weighted by atomic mass is 9.92. The second kappa shape index (κ2) is 4.65. The summed E-state index contributed by atoms with van der Waals surface area (Å²) in [6.45, 7) is 4.31. The van der Waals surface area contributed by atoms with Crippen LogP contribution in [0.25, 0.3) is 0 Å². The first-order valence-corrected chi connectivity index (χ1v) is 7.22. The van der Waals surface area contributed by atoms with Crippen molar-refractivity contribution in [3.05, 3.63) is 0 Å². The van der Waals surface area contributed by atoms with Crippen LogP contribution >= 0.6 is 7.75 Å². The predicted molar refractivity (Wildman–Crippen MR) is 61.8 cm³/mol. The van der Waals surface area contributed by atoms with Crippen molar-refractivity contribution in [2.75, 3.05) is 13.2 Å². The average Bonchev–Trinajstić information content (AvgIpc) is 2.50. The fraction of sp³-hybridized carbons (Fsp3) is 1.00. The van der Waals surface area contributed by atoms with Gasteiger partial charge in [0.15, 0.2) is 0 Å². The van der Waals surface area contributed by atoms with Gasteiger partial charge in [0.2, 0.25) is 0 Å². The van der Waals surface area contributed by atoms with E-state index in [1.54, 1.807) is 0 Å². The molecule has 0 amide bonds. The van der Waals surface area contributed by atoms with Crippen LogP contribution in [-0.2, 0) is 18.6 Å². The molecule has 0 aromatic carbocycles. The van der Waals surface area contributed by atoms with E-state index in [0.29, 0.717) is 6.42 Å². The Morgan fingerprint density at radius 2 is 2.41 bits per heavy atom. The fourth-order valence-electron chi connectivity index (χ4n) is 2.08. The lowest BCUT2D eigenvalue weighted by Crippen LogP contribution is -2.55. The third-order valence-electron chi connectivity index (χ3n) is 2.93. The summed E-state index contributed by atoms with van der Waals surface area (Å²) in [7, 11) is 2.00. The van der Waals surface area contributed by atoms with Crippen molar-refractivity contribution >= 4 is 15.6 Å². The van der Waals surface area contributed by atoms with Gasteiger partial charge in [0.1, 0.15) is 19.6 Å². The van der Waals surface area contributed by atoms with Crippen molar-refractivity contribution in [2.24, 2.45) is 0 Å². The molecule has 0 saturated carbocycles. The molecule has 2 rings (SSSR count). The van der Waals surface area contributed by atoms with Gasteiger partial charge in [-0.25, -0.2) is 9.65 Å². The molecule has 4 atom stereocenters. The summed E-state index contributed by atoms with van der Waals surface area (Å²) >= 11 is 0. The van der Waals surface area contributed by atoms with E-state index in [4.69, 9.17) is 21.8 Å². The summed E-state index contributed by atoms with van der Waals surface area (Å²) in [4.78, 5) is 9.38. The Hall–Kier alpha value is 0.0949. The van der Waals surface area contributed by atoms with Crippen molar-refractivity contribution < 1.29 is 23.5 Å². The highest BCUT2D eigenvalue weighted by Crippen LogP contribution is 2.49. The lowest BCUT2D eigenvalue weighted by molar-refractivity contribution is -0.124. The van der Waals surface area contributed by atoms with E-state index >= 15 is 0 Å². The Bertz CT molecular complexity index is 341. The van der Waals surface area contributed by atoms with Crippen molar-refractivity contribution in [1.82, 2.24) is 5.09 Å². The largest absolute Gasteiger partial charge is 0.403 e. The molecule has 2 aliphatic heterocycles. The molecule has 2 heterocycles. The molecular formula is C9H17BNO5P. The molecule has 2 aliphatic rings. The third-order valence-corrected chi connectivity index (χ3v) is 4.03. The Labute approximate surface area is 102 Å². The maximum Gasteiger partial charge on any atom is 0.403 e. The highest BCUT2D eigenvalue weighted by molar-refractivity contribution is 7.50. The molecular weight excluding hydrogens is 244 g/mol. The van der Waals surface area contributed by atoms with Crippen LogP contribution in [0.2, 0.25) is 0 Å². The zero-order valence-corrected chi connectivity index (χ0v) is 10.9. The highest BCUT2D eigenvalue weighted by atomic mass is 31.2. The molecule has 0 aromatic heterocycles. The van der Waals surface area contributed by atoms with Gasteiger partial charge >= 0.3 is 7.75 Å². The second-order valence-electron chi connectivity index (χ2n) is 4.77. The van der Waals surface area contributed by atoms with Gasteiger partial charge in [-0.3, -0.25) is 4.52 Å². The van der Waals surface area contributed by atoms with E-state index in [1.807, 2.05) is 13.8 Å². The topological polar surface area (TPSA) is 77.0 Å². The number of hydrogen-bond acceptors (Lipinski definition) is 4. The molecule has 8 heteroatoms. The normalized spacial score (nSPS) is 46.1. The first-order valence-electron chi connectivity index (χ1n) is 5.64. The summed E-state index contributed by atoms with van der Waals surface area (Å²) in [5.74, 6) is 0. The van der Waals surface area contributed by atoms with E-state index in [2.05, 4.69) is 5.09 Å². The van der Waals surface area contributed by atoms with Gasteiger partial charge in [-0.1, -0.05) is 0 Å². The molecule has 6 nitrogen and oxygen atoms in total. The first kappa shape index (κ1) is 13.5. The van der Waals surface area contributed by atoms with Crippen LogP contribution in [0.4, 0.5) is 0 Å². The van der Waals surface area contributed by atoms with E-state index in [-0.39, 0.29) is 19.3 Å². The molecule has 2 saturated heterocycles. The second-order valence-corrected chi connectivity index (χ2v) is 6.33. The molecule has 0 aliphatic carbocycles. The van der Waals surface area contributed by atoms with Gasteiger partial charge in [-0.2, -0.15) is 0 Å². The minimum atomic E-state index is -3.71. The Morgan fingerprint density at radius 1 is 1.71 bits per heavy atom. The minimum Gasteiger partial charge on any atom is -0.376 e. The Morgan fingerprint density at radius 3 is 3.06 bits per heavy atom. The van der Waals surface area contributed by atoms with Crippen molar-refractivity contribution in [1.29, 1.82) is 0 Å². The van der Waals surface area contributed by atoms with Gasteiger partial charge in [0.05, 0.1) is 12.7 Å². The van der Waals surface area contributed by atoms with E-state index in [0.717, 1.165) is 0 Å². The average molecular weight is 261 g/mol. The zero-order valence-electron chi connectivity index (χ0n) is 9.96. The van der Waals surface area contributed by atoms with E-state index in [1.165, 1.54) is 0 Å². The van der Waals surface area contributed by atoms with Crippen LogP contribution in [-0.4, -0.2) is 49.7 Å². The standard InChI is InChI=1S/C9H17BNO5P/c1-6(2)14-5-9-4-11-17(12,13)16-7(9)3-8(10)15-9/h6-8H,3-5H2,1-2H3,(H2,11,12,13)/t7?,8-,9-/m1/s1. The van der Waals surface area contributed by atoms with Gasteiger partial charge < -0.3 is 14.4 Å². The van der Waals surface area contributed by atoms with Crippen LogP contribution in [0.3, 0.4) is 0 Å². The van der Waals surface area contributed by atoms with Crippen LogP contribution in [0.15, 0.2) is 0 Å². The van der Waals surface area contributed by atoms with Crippen LogP contribution in [0.1, 0.15) is 20.3 Å². The summed E-state index contributed by atoms with van der Waals surface area (Å²) in [6, 6.07) is -0.490. The van der Waals surface area contributed by atoms with Crippen molar-refractivity contribution in [3.8, 4) is 0 Å². The van der Waals surface area contributed by atoms with Gasteiger partial charge in [0.25, 0.3) is 0 Å². The number of fused-ring (bicyclic) bond motifs is 1. The van der Waals surface area contributed by atoms with Gasteiger partial charge in [-0.15, -0.1) is 0 Å². The Kier molecular flexibility index (Phi) is 3.70. The number of ether oxygens (including phenoxy) is 2. The lowest BCUT2D eigenvalue weighted by Gasteiger charge is -2.39. The smallest absolute Gasteiger partial charge is 0.376 e. The maximum atomic E-state index is 11.4. The summed E-state index contributed by atoms with van der Waals surface area (Å²) in [5.41, 5.74) is -0.764. The number of hydrogen-bond donors (Lipinski definition) is 2. The zero-order chi connectivity index (χ0) is 12.7. The predicted octanol–water partition coefficient (Wildman–Crippen LogP) is 0.154. The van der Waals surface area contributed by atoms with Gasteiger partial charge in [0, 0.05) is 12.5 Å². The molecule has 0 bridgehead atoms. The molecule has 17 heavy (non-hydrogen) atoms. The molecule has 2 unspecified atom stereocenters. The first-order chi connectivity index (χ1) is 7.83. The van der Waals surface area contributed by atoms with E-state index in [9.17, 15) is 9.46 Å². The summed E-state index contributed by atoms with van der Waals surface area (Å²) < 4.78 is 27.7. The van der Waals surface area contributed by atoms with E-state index < -0.39 is 25.5 Å². The number of rotatable bonds is 3. The quantitative estimate of drug-likeness (QED) is 0.556. The molecule has 96 valence electrons.